The maximum Gasteiger partial charge on any atom is 0.416 e. The van der Waals surface area contributed by atoms with Gasteiger partial charge in [-0.2, -0.15) is 18.3 Å². The van der Waals surface area contributed by atoms with Crippen LogP contribution in [0.1, 0.15) is 25.0 Å². The molecular weight excluding hydrogens is 333 g/mol. The fraction of sp³-hybridized carbons (Fsp3) is 0.278. The molecule has 0 aliphatic carbocycles. The number of halogens is 3. The molecule has 0 unspecified atom stereocenters. The molecule has 0 heterocycles. The molecule has 0 aliphatic rings. The van der Waals surface area contributed by atoms with Crippen molar-refractivity contribution < 1.29 is 22.6 Å². The largest absolute Gasteiger partial charge is 0.490 e. The number of nitrogens with zero attached hydrogens (tertiary/aromatic N) is 1. The highest BCUT2D eigenvalue weighted by molar-refractivity contribution is 5.81. The minimum atomic E-state index is -4.35. The van der Waals surface area contributed by atoms with Crippen molar-refractivity contribution in [3.63, 3.8) is 0 Å². The summed E-state index contributed by atoms with van der Waals surface area (Å²) in [5, 5.41) is 4.03. The van der Waals surface area contributed by atoms with Gasteiger partial charge in [0.15, 0.2) is 11.5 Å². The quantitative estimate of drug-likeness (QED) is 0.566. The van der Waals surface area contributed by atoms with Crippen LogP contribution >= 0.6 is 0 Å². The molecule has 0 atom stereocenters. The van der Waals surface area contributed by atoms with Crippen LogP contribution < -0.4 is 14.9 Å². The Bertz CT molecular complexity index is 713. The zero-order valence-corrected chi connectivity index (χ0v) is 13.9. The number of nitrogens with one attached hydrogen (secondary N) is 1. The van der Waals surface area contributed by atoms with Crippen LogP contribution in [0.4, 0.5) is 18.9 Å². The maximum absolute atomic E-state index is 12.5. The molecule has 2 rings (SSSR count). The van der Waals surface area contributed by atoms with Crippen LogP contribution in [0.5, 0.6) is 11.5 Å². The van der Waals surface area contributed by atoms with E-state index in [1.807, 2.05) is 19.9 Å². The van der Waals surface area contributed by atoms with E-state index in [4.69, 9.17) is 9.47 Å². The van der Waals surface area contributed by atoms with Gasteiger partial charge >= 0.3 is 6.18 Å². The van der Waals surface area contributed by atoms with Crippen LogP contribution in [0.2, 0.25) is 0 Å². The lowest BCUT2D eigenvalue weighted by Gasteiger charge is -2.11. The molecule has 0 aliphatic heterocycles. The minimum absolute atomic E-state index is 0.459. The Balaban J connectivity index is 2.05. The number of ether oxygens (including phenoxy) is 2. The lowest BCUT2D eigenvalue weighted by molar-refractivity contribution is -0.137. The van der Waals surface area contributed by atoms with Gasteiger partial charge in [-0.1, -0.05) is 0 Å². The number of alkyl halides is 3. The summed E-state index contributed by atoms with van der Waals surface area (Å²) >= 11 is 0. The summed E-state index contributed by atoms with van der Waals surface area (Å²) in [6, 6.07) is 10.0. The molecule has 134 valence electrons. The standard InChI is InChI=1S/C18H19F3N2O2/c1-3-24-16-10-5-13(11-17(16)25-4-2)12-22-23-15-8-6-14(7-9-15)18(19,20)21/h5-12,23H,3-4H2,1-2H3. The van der Waals surface area contributed by atoms with Gasteiger partial charge in [0, 0.05) is 0 Å². The Labute approximate surface area is 144 Å². The molecule has 0 bridgehead atoms. The molecule has 2 aromatic carbocycles. The number of hydrogen-bond acceptors (Lipinski definition) is 4. The van der Waals surface area contributed by atoms with Crippen molar-refractivity contribution in [2.24, 2.45) is 5.10 Å². The molecular formula is C18H19F3N2O2. The average Bonchev–Trinajstić information content (AvgIpc) is 2.57. The second-order valence-electron chi connectivity index (χ2n) is 5.02. The summed E-state index contributed by atoms with van der Waals surface area (Å²) in [4.78, 5) is 0. The third-order valence-electron chi connectivity index (χ3n) is 3.19. The normalized spacial score (nSPS) is 11.6. The predicted octanol–water partition coefficient (Wildman–Crippen LogP) is 4.95. The van der Waals surface area contributed by atoms with E-state index >= 15 is 0 Å². The van der Waals surface area contributed by atoms with Gasteiger partial charge in [-0.3, -0.25) is 5.43 Å². The summed E-state index contributed by atoms with van der Waals surface area (Å²) in [6.07, 6.45) is -2.80. The van der Waals surface area contributed by atoms with E-state index < -0.39 is 11.7 Å². The van der Waals surface area contributed by atoms with Crippen molar-refractivity contribution in [3.8, 4) is 11.5 Å². The van der Waals surface area contributed by atoms with E-state index in [2.05, 4.69) is 10.5 Å². The van der Waals surface area contributed by atoms with Crippen molar-refractivity contribution in [1.29, 1.82) is 0 Å². The summed E-state index contributed by atoms with van der Waals surface area (Å²) in [6.45, 7) is 4.80. The van der Waals surface area contributed by atoms with Crippen LogP contribution in [0.15, 0.2) is 47.6 Å². The number of rotatable bonds is 7. The van der Waals surface area contributed by atoms with Gasteiger partial charge in [0.1, 0.15) is 0 Å². The van der Waals surface area contributed by atoms with Gasteiger partial charge in [0.25, 0.3) is 0 Å². The second-order valence-corrected chi connectivity index (χ2v) is 5.02. The Morgan fingerprint density at radius 2 is 1.60 bits per heavy atom. The highest BCUT2D eigenvalue weighted by Crippen LogP contribution is 2.30. The number of hydrogen-bond donors (Lipinski definition) is 1. The van der Waals surface area contributed by atoms with Gasteiger partial charge in [-0.15, -0.1) is 0 Å². The number of anilines is 1. The van der Waals surface area contributed by atoms with E-state index in [9.17, 15) is 13.2 Å². The molecule has 0 amide bonds. The van der Waals surface area contributed by atoms with Gasteiger partial charge < -0.3 is 9.47 Å². The van der Waals surface area contributed by atoms with E-state index in [0.29, 0.717) is 30.4 Å². The first-order chi connectivity index (χ1) is 11.9. The number of benzene rings is 2. The molecule has 0 fully saturated rings. The second kappa shape index (κ2) is 8.41. The van der Waals surface area contributed by atoms with E-state index in [1.54, 1.807) is 18.3 Å². The summed E-state index contributed by atoms with van der Waals surface area (Å²) < 4.78 is 48.5. The average molecular weight is 352 g/mol. The van der Waals surface area contributed by atoms with E-state index in [0.717, 1.165) is 17.7 Å². The fourth-order valence-corrected chi connectivity index (χ4v) is 2.06. The Morgan fingerprint density at radius 3 is 2.20 bits per heavy atom. The molecule has 0 radical (unpaired) electrons. The summed E-state index contributed by atoms with van der Waals surface area (Å²) in [7, 11) is 0. The van der Waals surface area contributed by atoms with Crippen LogP contribution in [0.3, 0.4) is 0 Å². The summed E-state index contributed by atoms with van der Waals surface area (Å²) in [5.41, 5.74) is 3.22. The zero-order chi connectivity index (χ0) is 18.3. The SMILES string of the molecule is CCOc1ccc(C=NNc2ccc(C(F)(F)F)cc2)cc1OCC. The first-order valence-corrected chi connectivity index (χ1v) is 7.80. The third-order valence-corrected chi connectivity index (χ3v) is 3.19. The Morgan fingerprint density at radius 1 is 0.960 bits per heavy atom. The maximum atomic E-state index is 12.5. The molecule has 1 N–H and O–H groups in total. The monoisotopic (exact) mass is 352 g/mol. The lowest BCUT2D eigenvalue weighted by Crippen LogP contribution is -2.04. The van der Waals surface area contributed by atoms with Gasteiger partial charge in [-0.05, 0) is 61.9 Å². The van der Waals surface area contributed by atoms with Gasteiger partial charge in [-0.25, -0.2) is 0 Å². The van der Waals surface area contributed by atoms with Crippen molar-refractivity contribution in [3.05, 3.63) is 53.6 Å². The van der Waals surface area contributed by atoms with Crippen LogP contribution in [-0.4, -0.2) is 19.4 Å². The smallest absolute Gasteiger partial charge is 0.416 e. The van der Waals surface area contributed by atoms with Crippen LogP contribution in [0.25, 0.3) is 0 Å². The molecule has 0 saturated heterocycles. The highest BCUT2D eigenvalue weighted by Gasteiger charge is 2.29. The molecule has 0 spiro atoms. The lowest BCUT2D eigenvalue weighted by atomic mass is 10.2. The van der Waals surface area contributed by atoms with E-state index in [-0.39, 0.29) is 0 Å². The zero-order valence-electron chi connectivity index (χ0n) is 13.9. The molecule has 25 heavy (non-hydrogen) atoms. The van der Waals surface area contributed by atoms with Crippen molar-refractivity contribution in [2.75, 3.05) is 18.6 Å². The molecule has 4 nitrogen and oxygen atoms in total. The van der Waals surface area contributed by atoms with Gasteiger partial charge in [0.05, 0.1) is 30.7 Å². The summed E-state index contributed by atoms with van der Waals surface area (Å²) in [5.74, 6) is 1.26. The first kappa shape index (κ1) is 18.6. The molecule has 0 aromatic heterocycles. The Kier molecular flexibility index (Phi) is 6.27. The highest BCUT2D eigenvalue weighted by atomic mass is 19.4. The fourth-order valence-electron chi connectivity index (χ4n) is 2.06. The van der Waals surface area contributed by atoms with E-state index in [1.165, 1.54) is 12.1 Å². The topological polar surface area (TPSA) is 42.8 Å². The van der Waals surface area contributed by atoms with Crippen LogP contribution in [0, 0.1) is 0 Å². The first-order valence-electron chi connectivity index (χ1n) is 7.80. The molecule has 7 heteroatoms. The van der Waals surface area contributed by atoms with Crippen molar-refractivity contribution >= 4 is 11.9 Å². The van der Waals surface area contributed by atoms with Crippen molar-refractivity contribution in [2.45, 2.75) is 20.0 Å². The Hall–Kier alpha value is -2.70. The molecule has 2 aromatic rings. The molecule has 0 saturated carbocycles. The number of hydrazone groups is 1. The minimum Gasteiger partial charge on any atom is -0.490 e. The van der Waals surface area contributed by atoms with Crippen molar-refractivity contribution in [1.82, 2.24) is 0 Å². The van der Waals surface area contributed by atoms with Gasteiger partial charge in [0.2, 0.25) is 0 Å². The van der Waals surface area contributed by atoms with Crippen LogP contribution in [-0.2, 0) is 6.18 Å². The third kappa shape index (κ3) is 5.41. The predicted molar refractivity (Wildman–Crippen MR) is 91.4 cm³/mol.